The van der Waals surface area contributed by atoms with Crippen molar-refractivity contribution in [3.05, 3.63) is 35.5 Å². The maximum absolute atomic E-state index is 10.7. The average molecular weight is 227 g/mol. The quantitative estimate of drug-likeness (QED) is 0.598. The van der Waals surface area contributed by atoms with Crippen molar-refractivity contribution in [3.8, 4) is 0 Å². The minimum absolute atomic E-state index is 0.0489. The highest BCUT2D eigenvalue weighted by Gasteiger charge is 2.12. The van der Waals surface area contributed by atoms with Gasteiger partial charge in [-0.25, -0.2) is 9.78 Å². The van der Waals surface area contributed by atoms with Gasteiger partial charge in [-0.2, -0.15) is 0 Å². The fourth-order valence-electron chi connectivity index (χ4n) is 1.02. The molecule has 4 nitrogen and oxygen atoms in total. The molecule has 0 aliphatic rings. The summed E-state index contributed by atoms with van der Waals surface area (Å²) in [6.07, 6.45) is 3.92. The summed E-state index contributed by atoms with van der Waals surface area (Å²) in [7, 11) is 0. The van der Waals surface area contributed by atoms with Crippen LogP contribution in [0.2, 0.25) is 5.02 Å². The molecule has 0 fully saturated rings. The van der Waals surface area contributed by atoms with Gasteiger partial charge >= 0.3 is 5.97 Å². The number of nitrogens with zero attached hydrogens (tertiary/aromatic N) is 1. The monoisotopic (exact) mass is 226 g/mol. The van der Waals surface area contributed by atoms with E-state index in [0.29, 0.717) is 12.4 Å². The van der Waals surface area contributed by atoms with Crippen molar-refractivity contribution in [2.75, 3.05) is 11.9 Å². The van der Waals surface area contributed by atoms with E-state index < -0.39 is 5.97 Å². The van der Waals surface area contributed by atoms with Crippen molar-refractivity contribution in [2.24, 2.45) is 0 Å². The number of anilines is 1. The molecular weight excluding hydrogens is 216 g/mol. The number of nitrogens with one attached hydrogen (secondary N) is 1. The van der Waals surface area contributed by atoms with Crippen LogP contribution in [0, 0.1) is 0 Å². The van der Waals surface area contributed by atoms with Crippen molar-refractivity contribution < 1.29 is 9.90 Å². The van der Waals surface area contributed by atoms with E-state index in [2.05, 4.69) is 16.9 Å². The number of carboxylic acids is 1. The normalized spacial score (nSPS) is 9.67. The predicted octanol–water partition coefficient (Wildman–Crippen LogP) is 2.42. The predicted molar refractivity (Wildman–Crippen MR) is 59.5 cm³/mol. The standard InChI is InChI=1S/C10H11ClN2O2/c1-2-3-5-12-9-8(11)7(10(14)15)4-6-13-9/h2,4,6H,1,3,5H2,(H,12,13)(H,14,15). The van der Waals surface area contributed by atoms with E-state index in [9.17, 15) is 4.79 Å². The summed E-state index contributed by atoms with van der Waals surface area (Å²) >= 11 is 5.85. The molecule has 0 bridgehead atoms. The number of carbonyl (C=O) groups is 1. The first-order valence-electron chi connectivity index (χ1n) is 4.39. The van der Waals surface area contributed by atoms with Gasteiger partial charge < -0.3 is 10.4 Å². The molecule has 0 aliphatic carbocycles. The highest BCUT2D eigenvalue weighted by molar-refractivity contribution is 6.35. The van der Waals surface area contributed by atoms with Crippen LogP contribution in [0.25, 0.3) is 0 Å². The molecule has 0 saturated heterocycles. The molecular formula is C10H11ClN2O2. The van der Waals surface area contributed by atoms with Crippen LogP contribution in [0.4, 0.5) is 5.82 Å². The highest BCUT2D eigenvalue weighted by atomic mass is 35.5. The maximum Gasteiger partial charge on any atom is 0.337 e. The van der Waals surface area contributed by atoms with E-state index in [1.807, 2.05) is 0 Å². The molecule has 1 rings (SSSR count). The minimum atomic E-state index is -1.06. The number of carboxylic acid groups (broad SMARTS) is 1. The first-order valence-corrected chi connectivity index (χ1v) is 4.77. The van der Waals surface area contributed by atoms with Crippen molar-refractivity contribution in [1.29, 1.82) is 0 Å². The zero-order chi connectivity index (χ0) is 11.3. The van der Waals surface area contributed by atoms with Crippen LogP contribution < -0.4 is 5.32 Å². The van der Waals surface area contributed by atoms with Gasteiger partial charge in [0.1, 0.15) is 5.82 Å². The van der Waals surface area contributed by atoms with Crippen LogP contribution in [-0.2, 0) is 0 Å². The van der Waals surface area contributed by atoms with E-state index in [1.165, 1.54) is 12.3 Å². The number of halogens is 1. The second-order valence-corrected chi connectivity index (χ2v) is 3.21. The van der Waals surface area contributed by atoms with E-state index >= 15 is 0 Å². The van der Waals surface area contributed by atoms with Crippen LogP contribution in [0.15, 0.2) is 24.9 Å². The first-order chi connectivity index (χ1) is 7.16. The second-order valence-electron chi connectivity index (χ2n) is 2.83. The summed E-state index contributed by atoms with van der Waals surface area (Å²) < 4.78 is 0. The van der Waals surface area contributed by atoms with Crippen LogP contribution >= 0.6 is 11.6 Å². The SMILES string of the molecule is C=CCCNc1nccc(C(=O)O)c1Cl. The van der Waals surface area contributed by atoms with Crippen molar-refractivity contribution >= 4 is 23.4 Å². The molecule has 5 heteroatoms. The molecule has 0 aliphatic heterocycles. The second kappa shape index (κ2) is 5.36. The molecule has 0 aromatic carbocycles. The summed E-state index contributed by atoms with van der Waals surface area (Å²) in [4.78, 5) is 14.7. The maximum atomic E-state index is 10.7. The minimum Gasteiger partial charge on any atom is -0.478 e. The Balaban J connectivity index is 2.84. The molecule has 0 unspecified atom stereocenters. The first kappa shape index (κ1) is 11.5. The molecule has 2 N–H and O–H groups in total. The third-order valence-electron chi connectivity index (χ3n) is 1.76. The molecule has 0 atom stereocenters. The number of pyridine rings is 1. The van der Waals surface area contributed by atoms with Crippen molar-refractivity contribution in [3.63, 3.8) is 0 Å². The highest BCUT2D eigenvalue weighted by Crippen LogP contribution is 2.23. The van der Waals surface area contributed by atoms with Gasteiger partial charge in [-0.15, -0.1) is 6.58 Å². The molecule has 0 radical (unpaired) electrons. The Morgan fingerprint density at radius 3 is 3.07 bits per heavy atom. The summed E-state index contributed by atoms with van der Waals surface area (Å²) in [5.41, 5.74) is 0.0489. The summed E-state index contributed by atoms with van der Waals surface area (Å²) in [6, 6.07) is 1.36. The molecule has 1 aromatic rings. The lowest BCUT2D eigenvalue weighted by Crippen LogP contribution is -2.06. The lowest BCUT2D eigenvalue weighted by atomic mass is 10.2. The molecule has 1 aromatic heterocycles. The number of rotatable bonds is 5. The Kier molecular flexibility index (Phi) is 4.12. The van der Waals surface area contributed by atoms with E-state index in [4.69, 9.17) is 16.7 Å². The molecule has 0 spiro atoms. The van der Waals surface area contributed by atoms with E-state index in [0.717, 1.165) is 6.42 Å². The average Bonchev–Trinajstić information content (AvgIpc) is 2.20. The van der Waals surface area contributed by atoms with Gasteiger partial charge in [0.05, 0.1) is 10.6 Å². The Bertz CT molecular complexity index is 380. The van der Waals surface area contributed by atoms with E-state index in [-0.39, 0.29) is 10.6 Å². The van der Waals surface area contributed by atoms with Gasteiger partial charge in [-0.1, -0.05) is 17.7 Å². The Morgan fingerprint density at radius 2 is 2.47 bits per heavy atom. The summed E-state index contributed by atoms with van der Waals surface area (Å²) in [5, 5.41) is 11.9. The van der Waals surface area contributed by atoms with Gasteiger partial charge in [0, 0.05) is 12.7 Å². The molecule has 15 heavy (non-hydrogen) atoms. The summed E-state index contributed by atoms with van der Waals surface area (Å²) in [5.74, 6) is -0.674. The number of aromatic carboxylic acids is 1. The smallest absolute Gasteiger partial charge is 0.337 e. The fourth-order valence-corrected chi connectivity index (χ4v) is 1.28. The van der Waals surface area contributed by atoms with Crippen LogP contribution in [0.3, 0.4) is 0 Å². The van der Waals surface area contributed by atoms with Crippen LogP contribution in [-0.4, -0.2) is 22.6 Å². The third kappa shape index (κ3) is 2.95. The zero-order valence-electron chi connectivity index (χ0n) is 8.03. The fraction of sp³-hybridized carbons (Fsp3) is 0.200. The van der Waals surface area contributed by atoms with Gasteiger partial charge in [-0.3, -0.25) is 0 Å². The van der Waals surface area contributed by atoms with Crippen LogP contribution in [0.1, 0.15) is 16.8 Å². The molecule has 1 heterocycles. The largest absolute Gasteiger partial charge is 0.478 e. The van der Waals surface area contributed by atoms with Gasteiger partial charge in [0.2, 0.25) is 0 Å². The molecule has 0 amide bonds. The molecule has 0 saturated carbocycles. The lowest BCUT2D eigenvalue weighted by Gasteiger charge is -2.07. The van der Waals surface area contributed by atoms with Crippen molar-refractivity contribution in [1.82, 2.24) is 4.98 Å². The number of hydrogen-bond donors (Lipinski definition) is 2. The van der Waals surface area contributed by atoms with Crippen molar-refractivity contribution in [2.45, 2.75) is 6.42 Å². The Hall–Kier alpha value is -1.55. The number of aromatic nitrogens is 1. The summed E-state index contributed by atoms with van der Waals surface area (Å²) in [6.45, 7) is 4.20. The third-order valence-corrected chi connectivity index (χ3v) is 2.14. The zero-order valence-corrected chi connectivity index (χ0v) is 8.79. The topological polar surface area (TPSA) is 62.2 Å². The van der Waals surface area contributed by atoms with Crippen LogP contribution in [0.5, 0.6) is 0 Å². The number of hydrogen-bond acceptors (Lipinski definition) is 3. The lowest BCUT2D eigenvalue weighted by molar-refractivity contribution is 0.0697. The van der Waals surface area contributed by atoms with Gasteiger partial charge in [-0.05, 0) is 12.5 Å². The van der Waals surface area contributed by atoms with E-state index in [1.54, 1.807) is 6.08 Å². The van der Waals surface area contributed by atoms with Gasteiger partial charge in [0.15, 0.2) is 0 Å². The van der Waals surface area contributed by atoms with Gasteiger partial charge in [0.25, 0.3) is 0 Å². The molecule has 80 valence electrons. The Labute approximate surface area is 92.6 Å². The Morgan fingerprint density at radius 1 is 1.73 bits per heavy atom.